The van der Waals surface area contributed by atoms with Gasteiger partial charge in [0.05, 0.1) is 13.2 Å². The molecule has 0 spiro atoms. The van der Waals surface area contributed by atoms with E-state index in [1.807, 2.05) is 23.7 Å². The van der Waals surface area contributed by atoms with Gasteiger partial charge in [0.2, 0.25) is 0 Å². The molecular formula is C16H17ClN2O2S. The molecule has 1 atom stereocenters. The van der Waals surface area contributed by atoms with E-state index in [1.165, 1.54) is 11.1 Å². The van der Waals surface area contributed by atoms with Crippen LogP contribution in [0, 0.1) is 0 Å². The first-order valence-corrected chi connectivity index (χ1v) is 8.73. The first-order chi connectivity index (χ1) is 10.8. The van der Waals surface area contributed by atoms with Crippen LogP contribution in [0.5, 0.6) is 5.75 Å². The zero-order chi connectivity index (χ0) is 14.9. The van der Waals surface area contributed by atoms with Gasteiger partial charge in [-0.2, -0.15) is 0 Å². The summed E-state index contributed by atoms with van der Waals surface area (Å²) in [5, 5.41) is 3.84. The molecular weight excluding hydrogens is 320 g/mol. The van der Waals surface area contributed by atoms with Crippen LogP contribution in [0.25, 0.3) is 0 Å². The fraction of sp³-hybridized carbons (Fsp3) is 0.438. The maximum atomic E-state index is 6.25. The summed E-state index contributed by atoms with van der Waals surface area (Å²) in [5.74, 6) is 1.03. The molecule has 4 rings (SSSR count). The fourth-order valence-corrected chi connectivity index (χ4v) is 4.03. The number of halogens is 1. The van der Waals surface area contributed by atoms with E-state index >= 15 is 0 Å². The van der Waals surface area contributed by atoms with Crippen molar-refractivity contribution in [3.05, 3.63) is 44.9 Å². The molecule has 6 heteroatoms. The van der Waals surface area contributed by atoms with Crippen LogP contribution in [-0.4, -0.2) is 36.2 Å². The molecule has 0 aliphatic carbocycles. The zero-order valence-corrected chi connectivity index (χ0v) is 13.7. The number of nitrogens with zero attached hydrogens (tertiary/aromatic N) is 2. The van der Waals surface area contributed by atoms with Crippen molar-refractivity contribution in [2.45, 2.75) is 19.1 Å². The van der Waals surface area contributed by atoms with Gasteiger partial charge in [-0.15, -0.1) is 11.3 Å². The lowest BCUT2D eigenvalue weighted by Gasteiger charge is -2.32. The minimum absolute atomic E-state index is 0.0712. The van der Waals surface area contributed by atoms with E-state index in [0.29, 0.717) is 0 Å². The van der Waals surface area contributed by atoms with Gasteiger partial charge < -0.3 is 9.47 Å². The smallest absolute Gasteiger partial charge is 0.127 e. The number of ether oxygens (including phenoxy) is 2. The van der Waals surface area contributed by atoms with Crippen molar-refractivity contribution in [3.63, 3.8) is 0 Å². The van der Waals surface area contributed by atoms with Crippen LogP contribution < -0.4 is 4.74 Å². The second kappa shape index (κ2) is 6.16. The van der Waals surface area contributed by atoms with Gasteiger partial charge in [-0.1, -0.05) is 11.6 Å². The minimum Gasteiger partial charge on any atom is -0.493 e. The number of rotatable bonds is 3. The zero-order valence-electron chi connectivity index (χ0n) is 12.1. The summed E-state index contributed by atoms with van der Waals surface area (Å²) < 4.78 is 11.7. The van der Waals surface area contributed by atoms with E-state index in [1.54, 1.807) is 11.3 Å². The number of aromatic nitrogens is 1. The van der Waals surface area contributed by atoms with Gasteiger partial charge in [0.1, 0.15) is 16.9 Å². The number of fused-ring (bicyclic) bond motifs is 1. The predicted molar refractivity (Wildman–Crippen MR) is 86.7 cm³/mol. The average Bonchev–Trinajstić information content (AvgIpc) is 3.18. The Balaban J connectivity index is 1.52. The quantitative estimate of drug-likeness (QED) is 0.861. The number of morpholine rings is 1. The third kappa shape index (κ3) is 2.86. The number of benzene rings is 1. The van der Waals surface area contributed by atoms with E-state index < -0.39 is 0 Å². The molecule has 0 radical (unpaired) electrons. The molecule has 4 nitrogen and oxygen atoms in total. The summed E-state index contributed by atoms with van der Waals surface area (Å²) >= 11 is 7.90. The Morgan fingerprint density at radius 1 is 1.36 bits per heavy atom. The molecule has 1 fully saturated rings. The highest BCUT2D eigenvalue weighted by atomic mass is 35.5. The molecule has 0 bridgehead atoms. The molecule has 3 heterocycles. The number of hydrogen-bond acceptors (Lipinski definition) is 5. The Bertz CT molecular complexity index is 662. The predicted octanol–water partition coefficient (Wildman–Crippen LogP) is 3.30. The van der Waals surface area contributed by atoms with Crippen molar-refractivity contribution < 1.29 is 9.47 Å². The van der Waals surface area contributed by atoms with Gasteiger partial charge in [-0.25, -0.2) is 4.98 Å². The molecule has 2 aliphatic heterocycles. The van der Waals surface area contributed by atoms with E-state index in [9.17, 15) is 0 Å². The van der Waals surface area contributed by atoms with Crippen molar-refractivity contribution in [2.75, 3.05) is 26.3 Å². The molecule has 116 valence electrons. The molecule has 1 aromatic carbocycles. The van der Waals surface area contributed by atoms with Gasteiger partial charge in [0.25, 0.3) is 0 Å². The van der Waals surface area contributed by atoms with Crippen LogP contribution in [-0.2, 0) is 17.7 Å². The van der Waals surface area contributed by atoms with Gasteiger partial charge in [-0.05, 0) is 17.7 Å². The summed E-state index contributed by atoms with van der Waals surface area (Å²) in [6, 6.07) is 4.05. The van der Waals surface area contributed by atoms with Gasteiger partial charge in [0.15, 0.2) is 0 Å². The number of hydrogen-bond donors (Lipinski definition) is 0. The summed E-state index contributed by atoms with van der Waals surface area (Å²) in [7, 11) is 0. The molecule has 0 N–H and O–H groups in total. The third-order valence-corrected chi connectivity index (χ3v) is 5.18. The average molecular weight is 337 g/mol. The van der Waals surface area contributed by atoms with Gasteiger partial charge in [-0.3, -0.25) is 4.90 Å². The minimum atomic E-state index is 0.0712. The topological polar surface area (TPSA) is 34.6 Å². The van der Waals surface area contributed by atoms with Crippen molar-refractivity contribution in [2.24, 2.45) is 0 Å². The van der Waals surface area contributed by atoms with E-state index in [4.69, 9.17) is 21.1 Å². The van der Waals surface area contributed by atoms with Crippen molar-refractivity contribution in [3.8, 4) is 5.75 Å². The Hall–Kier alpha value is -1.14. The van der Waals surface area contributed by atoms with Gasteiger partial charge >= 0.3 is 0 Å². The lowest BCUT2D eigenvalue weighted by atomic mass is 10.1. The van der Waals surface area contributed by atoms with Crippen LogP contribution in [0.4, 0.5) is 0 Å². The Labute approximate surface area is 138 Å². The molecule has 1 saturated heterocycles. The van der Waals surface area contributed by atoms with E-state index in [-0.39, 0.29) is 6.10 Å². The van der Waals surface area contributed by atoms with Crippen molar-refractivity contribution in [1.82, 2.24) is 9.88 Å². The lowest BCUT2D eigenvalue weighted by molar-refractivity contribution is -0.0331. The summed E-state index contributed by atoms with van der Waals surface area (Å²) in [4.78, 5) is 6.77. The van der Waals surface area contributed by atoms with Crippen LogP contribution in [0.1, 0.15) is 22.2 Å². The highest BCUT2D eigenvalue weighted by Crippen LogP contribution is 2.34. The molecule has 0 unspecified atom stereocenters. The monoisotopic (exact) mass is 336 g/mol. The SMILES string of the molecule is Clc1cc2c(c(CN3CCO[C@@H](c4nccs4)C3)c1)OCC2. The van der Waals surface area contributed by atoms with E-state index in [0.717, 1.165) is 55.0 Å². The van der Waals surface area contributed by atoms with Crippen molar-refractivity contribution >= 4 is 22.9 Å². The van der Waals surface area contributed by atoms with E-state index in [2.05, 4.69) is 9.88 Å². The highest BCUT2D eigenvalue weighted by Gasteiger charge is 2.26. The Morgan fingerprint density at radius 2 is 2.32 bits per heavy atom. The second-order valence-corrected chi connectivity index (χ2v) is 6.98. The van der Waals surface area contributed by atoms with Crippen LogP contribution in [0.2, 0.25) is 5.02 Å². The standard InChI is InChI=1S/C16H17ClN2O2S/c17-13-7-11-1-4-21-15(11)12(8-13)9-19-3-5-20-14(10-19)16-18-2-6-22-16/h2,6-8,14H,1,3-5,9-10H2/t14-/m1/s1. The summed E-state index contributed by atoms with van der Waals surface area (Å²) in [6.45, 7) is 4.10. The maximum absolute atomic E-state index is 6.25. The van der Waals surface area contributed by atoms with Crippen LogP contribution in [0.3, 0.4) is 0 Å². The molecule has 22 heavy (non-hydrogen) atoms. The molecule has 0 saturated carbocycles. The van der Waals surface area contributed by atoms with Crippen LogP contribution in [0.15, 0.2) is 23.7 Å². The normalized spacial score (nSPS) is 21.6. The Kier molecular flexibility index (Phi) is 4.05. The first-order valence-electron chi connectivity index (χ1n) is 7.47. The van der Waals surface area contributed by atoms with Crippen molar-refractivity contribution in [1.29, 1.82) is 0 Å². The number of thiazole rings is 1. The first kappa shape index (κ1) is 14.5. The molecule has 2 aromatic rings. The summed E-state index contributed by atoms with van der Waals surface area (Å²) in [5.41, 5.74) is 2.41. The highest BCUT2D eigenvalue weighted by molar-refractivity contribution is 7.09. The second-order valence-electron chi connectivity index (χ2n) is 5.62. The van der Waals surface area contributed by atoms with Crippen LogP contribution >= 0.6 is 22.9 Å². The third-order valence-electron chi connectivity index (χ3n) is 4.10. The largest absolute Gasteiger partial charge is 0.493 e. The van der Waals surface area contributed by atoms with Gasteiger partial charge in [0, 0.05) is 48.2 Å². The maximum Gasteiger partial charge on any atom is 0.127 e. The molecule has 0 amide bonds. The molecule has 1 aromatic heterocycles. The lowest BCUT2D eigenvalue weighted by Crippen LogP contribution is -2.37. The molecule has 2 aliphatic rings. The Morgan fingerprint density at radius 3 is 3.18 bits per heavy atom. The summed E-state index contributed by atoms with van der Waals surface area (Å²) in [6.07, 6.45) is 2.86. The fourth-order valence-electron chi connectivity index (χ4n) is 3.09.